The Balaban J connectivity index is 0.000000220. The van der Waals surface area contributed by atoms with Gasteiger partial charge in [0.05, 0.1) is 51.0 Å². The minimum atomic E-state index is -4.68. The average Bonchev–Trinajstić information content (AvgIpc) is 0.926. The van der Waals surface area contributed by atoms with E-state index < -0.39 is 235 Å². The highest BCUT2D eigenvalue weighted by atomic mass is 32.2. The van der Waals surface area contributed by atoms with Gasteiger partial charge in [0.1, 0.15) is 39.1 Å². The highest BCUT2D eigenvalue weighted by molar-refractivity contribution is 7.94. The second-order valence-corrected chi connectivity index (χ2v) is 35.5. The van der Waals surface area contributed by atoms with Crippen molar-refractivity contribution in [3.05, 3.63) is 226 Å². The zero-order valence-electron chi connectivity index (χ0n) is 92.1. The number of hydrogen-bond acceptors (Lipinski definition) is 28. The van der Waals surface area contributed by atoms with Crippen molar-refractivity contribution in [2.45, 2.75) is 157 Å². The van der Waals surface area contributed by atoms with E-state index in [2.05, 4.69) is 51.3 Å². The van der Waals surface area contributed by atoms with Crippen LogP contribution in [0.15, 0.2) is 132 Å². The number of benzene rings is 4. The topological polar surface area (TPSA) is 473 Å². The molecule has 0 fully saturated rings. The maximum absolute atomic E-state index is 13.3. The molecular formula is C80H84N12O20S8. The van der Waals surface area contributed by atoms with Gasteiger partial charge in [-0.2, -0.15) is 0 Å². The van der Waals surface area contributed by atoms with E-state index >= 15 is 0 Å². The van der Waals surface area contributed by atoms with E-state index in [0.717, 1.165) is 78.2 Å². The molecule has 8 N–H and O–H groups in total. The predicted octanol–water partition coefficient (Wildman–Crippen LogP) is 16.9. The molecule has 0 bridgehead atoms. The van der Waals surface area contributed by atoms with Crippen LogP contribution in [0.1, 0.15) is 236 Å². The molecule has 4 amide bonds. The number of hydrogen-bond donors (Lipinski definition) is 8. The lowest BCUT2D eigenvalue weighted by atomic mass is 10.0. The van der Waals surface area contributed by atoms with Crippen molar-refractivity contribution in [3.63, 3.8) is 0 Å². The molecule has 632 valence electrons. The quantitative estimate of drug-likeness (QED) is 0.0260. The van der Waals surface area contributed by atoms with Crippen molar-refractivity contribution in [1.82, 2.24) is 20.6 Å². The van der Waals surface area contributed by atoms with E-state index in [4.69, 9.17) is 56.5 Å². The number of carbonyl (C=O) groups is 8. The third-order valence-electron chi connectivity index (χ3n) is 16.4. The number of carbonyl (C=O) groups excluding carboxylic acids is 8. The van der Waals surface area contributed by atoms with E-state index in [-0.39, 0.29) is 94.4 Å². The Labute approximate surface area is 747 Å². The molecule has 8 heterocycles. The molecular weight excluding hydrogens is 1710 g/mol. The van der Waals surface area contributed by atoms with Gasteiger partial charge in [-0.3, -0.25) is 38.4 Å². The first kappa shape index (κ1) is 59.7. The van der Waals surface area contributed by atoms with Crippen molar-refractivity contribution < 1.29 is 129 Å². The van der Waals surface area contributed by atoms with Crippen molar-refractivity contribution in [2.75, 3.05) is 40.2 Å². The monoisotopic (exact) mass is 1820 g/mol. The maximum atomic E-state index is 13.3. The Kier molecular flexibility index (Phi) is 18.5. The van der Waals surface area contributed by atoms with Gasteiger partial charge in [-0.15, -0.1) is 45.3 Å². The zero-order valence-corrected chi connectivity index (χ0v) is 70.7. The van der Waals surface area contributed by atoms with E-state index in [0.29, 0.717) is 44.8 Å². The lowest BCUT2D eigenvalue weighted by molar-refractivity contribution is 0.100. The minimum absolute atomic E-state index is 0.00541. The summed E-state index contributed by atoms with van der Waals surface area (Å²) in [5.74, 6) is -8.44. The van der Waals surface area contributed by atoms with Gasteiger partial charge in [0, 0.05) is 77.4 Å². The second kappa shape index (κ2) is 37.2. The summed E-state index contributed by atoms with van der Waals surface area (Å²) in [5.41, 5.74) is -5.10. The molecule has 12 aromatic rings. The number of aryl methyl sites for hydroxylation is 8. The molecule has 0 aliphatic heterocycles. The smallest absolute Gasteiger partial charge is 0.267 e. The lowest BCUT2D eigenvalue weighted by Crippen LogP contribution is -2.20. The number of aromatic nitrogens is 4. The first-order valence-corrected chi connectivity index (χ1v) is 43.0. The summed E-state index contributed by atoms with van der Waals surface area (Å²) in [7, 11) is -18.1. The SMILES string of the molecule is [2H]c1c(C([2H])([2H])[2H])cc(C(C)=O)c(NC(=O)c2sccc2S(=O)(=O)Nc2onc(C)c2C([2H])([2H])[2H])c1C([2H])([2H])[2H].[2H]c1c(C([2H])([2H])[2H])cc(C(C)=O)c(NC(=O)c2sccc2S(=O)(=O)Nc2onc(C)c2C)c1C([2H])([2H])[2H].[2H]c1c(C)cc(C(C)=O)c(NC(=O)c2sccc2S(=O)(=O)Nc2onc(C([2H])([2H])[2H])c2C([2H])([2H])[2H])c1C.[2H]c1c(C)cc(C(C)=O)c(NC(=O)c2sccc2S(=O)(=O)Nc2onc(C([2H])([2H])[2H])c2C)c1C. The summed E-state index contributed by atoms with van der Waals surface area (Å²) in [4.78, 5) is 98.3. The summed E-state index contributed by atoms with van der Waals surface area (Å²) in [6, 6.07) is 7.43. The fourth-order valence-electron chi connectivity index (χ4n) is 10.5. The van der Waals surface area contributed by atoms with Gasteiger partial charge in [0.25, 0.3) is 63.7 Å². The van der Waals surface area contributed by atoms with E-state index in [1.807, 2.05) is 9.44 Å². The van der Waals surface area contributed by atoms with Gasteiger partial charge in [-0.05, 0) is 252 Å². The lowest BCUT2D eigenvalue weighted by Gasteiger charge is -2.14. The van der Waals surface area contributed by atoms with Crippen LogP contribution >= 0.6 is 45.3 Å². The first-order valence-electron chi connectivity index (χ1n) is 47.6. The van der Waals surface area contributed by atoms with Crippen LogP contribution in [-0.4, -0.2) is 101 Å². The fourth-order valence-corrected chi connectivity index (χ4v) is 19.8. The molecule has 0 spiro atoms. The van der Waals surface area contributed by atoms with Crippen LogP contribution < -0.4 is 40.2 Å². The molecule has 8 aromatic heterocycles. The van der Waals surface area contributed by atoms with Gasteiger partial charge in [0.2, 0.25) is 23.5 Å². The maximum Gasteiger partial charge on any atom is 0.267 e. The Morgan fingerprint density at radius 1 is 0.325 bits per heavy atom. The number of amides is 4. The fraction of sp³-hybridized carbons (Fsp3) is 0.250. The van der Waals surface area contributed by atoms with Crippen molar-refractivity contribution in [2.24, 2.45) is 0 Å². The number of thiophene rings is 4. The second-order valence-electron chi connectivity index (χ2n) is 25.3. The van der Waals surface area contributed by atoms with Gasteiger partial charge in [-0.25, -0.2) is 52.6 Å². The summed E-state index contributed by atoms with van der Waals surface area (Å²) >= 11 is 2.95. The van der Waals surface area contributed by atoms with Crippen LogP contribution in [0.25, 0.3) is 0 Å². The normalized spacial score (nSPS) is 15.6. The van der Waals surface area contributed by atoms with Crippen LogP contribution in [0.5, 0.6) is 0 Å². The van der Waals surface area contributed by atoms with Crippen molar-refractivity contribution in [1.29, 1.82) is 0 Å². The number of sulfonamides is 4. The third kappa shape index (κ3) is 21.0. The highest BCUT2D eigenvalue weighted by Crippen LogP contribution is 2.36. The van der Waals surface area contributed by atoms with Crippen molar-refractivity contribution in [3.8, 4) is 0 Å². The molecule has 12 rings (SSSR count). The standard InChI is InChI=1S/4C20H21N3O5S2/c4*1-10-8-11(2)17(15(9-10)14(5)24)21-19(25)18-16(6-7-29-18)30(26,27)23-20-12(3)13(4)22-28-20/h4*6-9,23H,1-5H3,(H,21,25)/i1D3,2D3,3D3,8D;3D3,4D3,8D;1D3,2D3,8D;4D3,8D. The van der Waals surface area contributed by atoms with E-state index in [1.165, 1.54) is 74.3 Å². The molecule has 0 saturated heterocycles. The van der Waals surface area contributed by atoms with Crippen molar-refractivity contribution >= 4 is 178 Å². The molecule has 40 heteroatoms. The predicted molar refractivity (Wildman–Crippen MR) is 460 cm³/mol. The van der Waals surface area contributed by atoms with Gasteiger partial charge < -0.3 is 39.4 Å². The molecule has 0 unspecified atom stereocenters. The molecule has 4 aromatic carbocycles. The molecule has 32 nitrogen and oxygen atoms in total. The Hall–Kier alpha value is -11.9. The van der Waals surface area contributed by atoms with Crippen LogP contribution in [0.4, 0.5) is 46.3 Å². The Morgan fingerprint density at radius 3 is 0.825 bits per heavy atom. The Morgan fingerprint density at radius 2 is 0.567 bits per heavy atom. The first-order chi connectivity index (χ1) is 67.4. The zero-order chi connectivity index (χ0) is 112. The largest absolute Gasteiger partial charge is 0.337 e. The van der Waals surface area contributed by atoms with Gasteiger partial charge in [-0.1, -0.05) is 44.8 Å². The number of rotatable bonds is 24. The van der Waals surface area contributed by atoms with Gasteiger partial charge in [0.15, 0.2) is 23.1 Å². The van der Waals surface area contributed by atoms with Gasteiger partial charge >= 0.3 is 0 Å². The number of ketones is 4. The number of nitrogens with one attached hydrogen (secondary N) is 8. The molecule has 0 aliphatic carbocycles. The molecule has 0 atom stereocenters. The summed E-state index contributed by atoms with van der Waals surface area (Å²) in [5, 5.41) is 28.5. The number of anilines is 8. The molecule has 0 saturated carbocycles. The van der Waals surface area contributed by atoms with Crippen LogP contribution in [0.3, 0.4) is 0 Å². The minimum Gasteiger partial charge on any atom is -0.337 e. The molecule has 0 aliphatic rings. The average molecular weight is 1820 g/mol. The summed E-state index contributed by atoms with van der Waals surface area (Å²) < 4.78 is 348. The van der Waals surface area contributed by atoms with E-state index in [1.54, 1.807) is 34.6 Å². The number of Topliss-reactive ketones (excluding diaryl/α,β-unsaturated/α-hetero) is 4. The van der Waals surface area contributed by atoms with E-state index in [9.17, 15) is 72.0 Å². The highest BCUT2D eigenvalue weighted by Gasteiger charge is 2.33. The summed E-state index contributed by atoms with van der Waals surface area (Å²) in [6.45, 7) is -6.72. The van der Waals surface area contributed by atoms with Crippen LogP contribution in [-0.2, 0) is 40.1 Å². The number of nitrogens with zero attached hydrogens (tertiary/aromatic N) is 4. The van der Waals surface area contributed by atoms with Crippen LogP contribution in [0, 0.1) is 110 Å². The third-order valence-corrected chi connectivity index (χ3v) is 26.1. The Bertz CT molecular complexity index is 7830. The molecule has 0 radical (unpaired) electrons. The van der Waals surface area contributed by atoms with Crippen LogP contribution in [0.2, 0.25) is 0 Å². The molecule has 120 heavy (non-hydrogen) atoms. The summed E-state index contributed by atoms with van der Waals surface area (Å²) in [6.07, 6.45) is 0.